The molecule has 0 bridgehead atoms. The van der Waals surface area contributed by atoms with E-state index in [1.807, 2.05) is 18.3 Å². The van der Waals surface area contributed by atoms with Crippen LogP contribution < -0.4 is 10.1 Å². The van der Waals surface area contributed by atoms with Crippen LogP contribution in [0.2, 0.25) is 0 Å². The fourth-order valence-corrected chi connectivity index (χ4v) is 2.72. The third kappa shape index (κ3) is 2.29. The smallest absolute Gasteiger partial charge is 0.119 e. The minimum Gasteiger partial charge on any atom is -0.497 e. The number of rotatable bonds is 2. The van der Waals surface area contributed by atoms with Crippen LogP contribution in [0.25, 0.3) is 10.9 Å². The second kappa shape index (κ2) is 5.15. The molecule has 3 rings (SSSR count). The van der Waals surface area contributed by atoms with Gasteiger partial charge in [0.15, 0.2) is 0 Å². The van der Waals surface area contributed by atoms with Crippen LogP contribution in [-0.2, 0) is 0 Å². The van der Waals surface area contributed by atoms with Crippen LogP contribution in [0, 0.1) is 0 Å². The minimum absolute atomic E-state index is 0.395. The zero-order valence-corrected chi connectivity index (χ0v) is 11.4. The molecule has 0 saturated carbocycles. The van der Waals surface area contributed by atoms with E-state index in [1.54, 1.807) is 7.11 Å². The Morgan fingerprint density at radius 1 is 1.37 bits per heavy atom. The van der Waals surface area contributed by atoms with Gasteiger partial charge in [0.05, 0.1) is 12.6 Å². The summed E-state index contributed by atoms with van der Waals surface area (Å²) in [6.45, 7) is 3.10. The van der Waals surface area contributed by atoms with Crippen molar-refractivity contribution in [3.8, 4) is 5.75 Å². The first kappa shape index (κ1) is 12.4. The lowest BCUT2D eigenvalue weighted by Crippen LogP contribution is -2.43. The summed E-state index contributed by atoms with van der Waals surface area (Å²) in [7, 11) is 3.88. The highest BCUT2D eigenvalue weighted by molar-refractivity contribution is 5.84. The maximum absolute atomic E-state index is 5.33. The van der Waals surface area contributed by atoms with E-state index in [0.717, 1.165) is 30.9 Å². The zero-order valence-electron chi connectivity index (χ0n) is 11.4. The van der Waals surface area contributed by atoms with Crippen LogP contribution in [0.3, 0.4) is 0 Å². The van der Waals surface area contributed by atoms with Gasteiger partial charge < -0.3 is 10.1 Å². The molecule has 2 heterocycles. The largest absolute Gasteiger partial charge is 0.497 e. The van der Waals surface area contributed by atoms with Crippen molar-refractivity contribution >= 4 is 10.9 Å². The van der Waals surface area contributed by atoms with Gasteiger partial charge >= 0.3 is 0 Å². The lowest BCUT2D eigenvalue weighted by molar-refractivity contribution is 0.203. The highest BCUT2D eigenvalue weighted by Gasteiger charge is 2.22. The Balaban J connectivity index is 2.11. The lowest BCUT2D eigenvalue weighted by atomic mass is 9.99. The number of nitrogens with one attached hydrogen (secondary N) is 1. The molecule has 0 spiro atoms. The Morgan fingerprint density at radius 2 is 2.26 bits per heavy atom. The van der Waals surface area contributed by atoms with Crippen molar-refractivity contribution < 1.29 is 4.74 Å². The molecule has 1 unspecified atom stereocenters. The van der Waals surface area contributed by atoms with Crippen LogP contribution in [0.15, 0.2) is 30.5 Å². The van der Waals surface area contributed by atoms with Crippen LogP contribution in [0.1, 0.15) is 11.6 Å². The van der Waals surface area contributed by atoms with Gasteiger partial charge in [-0.2, -0.15) is 0 Å². The average molecular weight is 257 g/mol. The summed E-state index contributed by atoms with van der Waals surface area (Å²) in [5, 5.41) is 4.65. The molecule has 1 N–H and O–H groups in total. The van der Waals surface area contributed by atoms with Gasteiger partial charge in [-0.3, -0.25) is 9.88 Å². The normalized spacial score (nSPS) is 20.6. The van der Waals surface area contributed by atoms with Crippen LogP contribution in [-0.4, -0.2) is 43.7 Å². The number of hydrogen-bond donors (Lipinski definition) is 1. The van der Waals surface area contributed by atoms with Crippen LogP contribution in [0.5, 0.6) is 5.75 Å². The summed E-state index contributed by atoms with van der Waals surface area (Å²) >= 11 is 0. The standard InChI is InChI=1S/C15H19N3O/c1-18-8-7-16-10-15(18)12-5-6-17-14-4-3-11(19-2)9-13(12)14/h3-6,9,15-16H,7-8,10H2,1-2H3. The summed E-state index contributed by atoms with van der Waals surface area (Å²) < 4.78 is 5.33. The van der Waals surface area contributed by atoms with Gasteiger partial charge in [0.1, 0.15) is 5.75 Å². The number of piperazine rings is 1. The van der Waals surface area contributed by atoms with Crippen molar-refractivity contribution in [1.29, 1.82) is 0 Å². The molecule has 0 aliphatic carbocycles. The predicted molar refractivity (Wildman–Crippen MR) is 76.5 cm³/mol. The highest BCUT2D eigenvalue weighted by Crippen LogP contribution is 2.29. The molecule has 1 aliphatic rings. The number of methoxy groups -OCH3 is 1. The average Bonchev–Trinajstić information content (AvgIpc) is 2.47. The maximum atomic E-state index is 5.33. The quantitative estimate of drug-likeness (QED) is 0.890. The molecule has 0 radical (unpaired) electrons. The van der Waals surface area contributed by atoms with Gasteiger partial charge in [0.2, 0.25) is 0 Å². The third-order valence-corrected chi connectivity index (χ3v) is 3.85. The molecule has 100 valence electrons. The van der Waals surface area contributed by atoms with Crippen LogP contribution in [0.4, 0.5) is 0 Å². The summed E-state index contributed by atoms with van der Waals surface area (Å²) in [6.07, 6.45) is 1.90. The maximum Gasteiger partial charge on any atom is 0.119 e. The number of fused-ring (bicyclic) bond motifs is 1. The lowest BCUT2D eigenvalue weighted by Gasteiger charge is -2.34. The number of ether oxygens (including phenoxy) is 1. The second-order valence-corrected chi connectivity index (χ2v) is 4.98. The van der Waals surface area contributed by atoms with E-state index >= 15 is 0 Å². The van der Waals surface area contributed by atoms with Crippen LogP contribution >= 0.6 is 0 Å². The zero-order chi connectivity index (χ0) is 13.2. The molecule has 19 heavy (non-hydrogen) atoms. The number of benzene rings is 1. The van der Waals surface area contributed by atoms with Crippen molar-refractivity contribution in [2.75, 3.05) is 33.8 Å². The monoisotopic (exact) mass is 257 g/mol. The van der Waals surface area contributed by atoms with Crippen molar-refractivity contribution in [2.24, 2.45) is 0 Å². The van der Waals surface area contributed by atoms with E-state index in [4.69, 9.17) is 4.74 Å². The Morgan fingerprint density at radius 3 is 3.05 bits per heavy atom. The van der Waals surface area contributed by atoms with Crippen molar-refractivity contribution in [1.82, 2.24) is 15.2 Å². The molecule has 1 saturated heterocycles. The van der Waals surface area contributed by atoms with E-state index in [2.05, 4.69) is 34.4 Å². The van der Waals surface area contributed by atoms with E-state index in [-0.39, 0.29) is 0 Å². The molecular weight excluding hydrogens is 238 g/mol. The third-order valence-electron chi connectivity index (χ3n) is 3.85. The van der Waals surface area contributed by atoms with Gasteiger partial charge in [-0.05, 0) is 36.9 Å². The molecule has 4 nitrogen and oxygen atoms in total. The van der Waals surface area contributed by atoms with E-state index in [0.29, 0.717) is 6.04 Å². The summed E-state index contributed by atoms with van der Waals surface area (Å²) in [6, 6.07) is 8.58. The van der Waals surface area contributed by atoms with Crippen molar-refractivity contribution in [3.05, 3.63) is 36.0 Å². The Hall–Kier alpha value is -1.65. The number of hydrogen-bond acceptors (Lipinski definition) is 4. The van der Waals surface area contributed by atoms with Crippen molar-refractivity contribution in [2.45, 2.75) is 6.04 Å². The summed E-state index contributed by atoms with van der Waals surface area (Å²) in [5.74, 6) is 0.883. The molecule has 4 heteroatoms. The fraction of sp³-hybridized carbons (Fsp3) is 0.400. The summed E-state index contributed by atoms with van der Waals surface area (Å²) in [4.78, 5) is 6.84. The van der Waals surface area contributed by atoms with Gasteiger partial charge in [0, 0.05) is 37.3 Å². The number of likely N-dealkylation sites (N-methyl/N-ethyl adjacent to an activating group) is 1. The predicted octanol–water partition coefficient (Wildman–Crippen LogP) is 1.82. The van der Waals surface area contributed by atoms with E-state index in [1.165, 1.54) is 10.9 Å². The first-order valence-corrected chi connectivity index (χ1v) is 6.63. The molecule has 0 amide bonds. The molecule has 1 aliphatic heterocycles. The first-order chi connectivity index (χ1) is 9.29. The Bertz CT molecular complexity index is 585. The molecule has 1 aromatic carbocycles. The van der Waals surface area contributed by atoms with E-state index < -0.39 is 0 Å². The first-order valence-electron chi connectivity index (χ1n) is 6.63. The minimum atomic E-state index is 0.395. The topological polar surface area (TPSA) is 37.4 Å². The van der Waals surface area contributed by atoms with Gasteiger partial charge in [-0.15, -0.1) is 0 Å². The fourth-order valence-electron chi connectivity index (χ4n) is 2.72. The molecule has 1 aromatic heterocycles. The van der Waals surface area contributed by atoms with Gasteiger partial charge in [0.25, 0.3) is 0 Å². The number of pyridine rings is 1. The Kier molecular flexibility index (Phi) is 3.36. The number of nitrogens with zero attached hydrogens (tertiary/aromatic N) is 2. The molecule has 2 aromatic rings. The molecule has 1 atom stereocenters. The Labute approximate surface area is 113 Å². The molecular formula is C15H19N3O. The SMILES string of the molecule is COc1ccc2nccc(C3CNCCN3C)c2c1. The molecule has 1 fully saturated rings. The van der Waals surface area contributed by atoms with Gasteiger partial charge in [-0.25, -0.2) is 0 Å². The second-order valence-electron chi connectivity index (χ2n) is 4.98. The van der Waals surface area contributed by atoms with E-state index in [9.17, 15) is 0 Å². The van der Waals surface area contributed by atoms with Crippen molar-refractivity contribution in [3.63, 3.8) is 0 Å². The number of aromatic nitrogens is 1. The highest BCUT2D eigenvalue weighted by atomic mass is 16.5. The van der Waals surface area contributed by atoms with Gasteiger partial charge in [-0.1, -0.05) is 0 Å². The summed E-state index contributed by atoms with van der Waals surface area (Å²) in [5.41, 5.74) is 2.34.